The van der Waals surface area contributed by atoms with Gasteiger partial charge in [-0.05, 0) is 31.5 Å². The van der Waals surface area contributed by atoms with Gasteiger partial charge in [0, 0.05) is 6.04 Å². The van der Waals surface area contributed by atoms with Crippen LogP contribution in [0.5, 0.6) is 0 Å². The smallest absolute Gasteiger partial charge is 0.211 e. The zero-order valence-corrected chi connectivity index (χ0v) is 11.3. The molecule has 1 aromatic rings. The molecule has 0 heterocycles. The maximum Gasteiger partial charge on any atom is 0.211 e. The van der Waals surface area contributed by atoms with Gasteiger partial charge in [0.05, 0.1) is 15.8 Å². The molecule has 1 rings (SSSR count). The highest BCUT2D eigenvalue weighted by atomic mass is 35.5. The largest absolute Gasteiger partial charge is 0.212 e. The normalized spacial score (nSPS) is 13.8. The van der Waals surface area contributed by atoms with Crippen LogP contribution < -0.4 is 4.72 Å². The summed E-state index contributed by atoms with van der Waals surface area (Å²) >= 11 is 11.6. The summed E-state index contributed by atoms with van der Waals surface area (Å²) in [5, 5.41) is 0.873. The van der Waals surface area contributed by atoms with E-state index in [0.717, 1.165) is 5.56 Å². The van der Waals surface area contributed by atoms with E-state index in [1.54, 1.807) is 32.0 Å². The molecule has 0 amide bonds. The summed E-state index contributed by atoms with van der Waals surface area (Å²) in [6.07, 6.45) is 0. The average Bonchev–Trinajstić information content (AvgIpc) is 2.21. The summed E-state index contributed by atoms with van der Waals surface area (Å²) < 4.78 is 25.3. The van der Waals surface area contributed by atoms with Crippen LogP contribution in [-0.4, -0.2) is 14.2 Å². The summed E-state index contributed by atoms with van der Waals surface area (Å²) in [4.78, 5) is 0. The van der Waals surface area contributed by atoms with Gasteiger partial charge in [0.1, 0.15) is 0 Å². The second-order valence-corrected chi connectivity index (χ2v) is 6.27. The summed E-state index contributed by atoms with van der Waals surface area (Å²) in [5.41, 5.74) is 0.784. The van der Waals surface area contributed by atoms with Gasteiger partial charge in [0.25, 0.3) is 0 Å². The zero-order chi connectivity index (χ0) is 12.3. The Hall–Kier alpha value is -0.290. The third kappa shape index (κ3) is 3.63. The van der Waals surface area contributed by atoms with Crippen molar-refractivity contribution in [1.82, 2.24) is 4.72 Å². The van der Waals surface area contributed by atoms with E-state index in [-0.39, 0.29) is 11.8 Å². The van der Waals surface area contributed by atoms with Gasteiger partial charge >= 0.3 is 0 Å². The van der Waals surface area contributed by atoms with Gasteiger partial charge in [-0.3, -0.25) is 0 Å². The molecule has 0 spiro atoms. The maximum absolute atomic E-state index is 11.4. The number of benzene rings is 1. The molecule has 6 heteroatoms. The topological polar surface area (TPSA) is 46.2 Å². The van der Waals surface area contributed by atoms with Crippen molar-refractivity contribution in [2.24, 2.45) is 0 Å². The molecule has 0 fully saturated rings. The molecule has 0 aliphatic rings. The lowest BCUT2D eigenvalue weighted by atomic mass is 10.1. The van der Waals surface area contributed by atoms with Crippen LogP contribution in [0.25, 0.3) is 0 Å². The molecular weight excluding hydrogens is 269 g/mol. The fraction of sp³-hybridized carbons (Fsp3) is 0.400. The standard InChI is InChI=1S/C10H13Cl2NO2S/c1-3-16(14,15)13-7(2)8-4-5-9(11)10(12)6-8/h4-7,13H,3H2,1-2H3. The third-order valence-corrected chi connectivity index (χ3v) is 4.39. The lowest BCUT2D eigenvalue weighted by Gasteiger charge is -2.14. The van der Waals surface area contributed by atoms with Gasteiger partial charge in [-0.25, -0.2) is 13.1 Å². The van der Waals surface area contributed by atoms with Gasteiger partial charge in [-0.2, -0.15) is 0 Å². The van der Waals surface area contributed by atoms with Crippen molar-refractivity contribution in [3.05, 3.63) is 33.8 Å². The molecule has 0 bridgehead atoms. The lowest BCUT2D eigenvalue weighted by molar-refractivity contribution is 0.568. The molecular formula is C10H13Cl2NO2S. The quantitative estimate of drug-likeness (QED) is 0.922. The van der Waals surface area contributed by atoms with Crippen LogP contribution in [-0.2, 0) is 10.0 Å². The monoisotopic (exact) mass is 281 g/mol. The summed E-state index contributed by atoms with van der Waals surface area (Å²) in [5.74, 6) is 0.0542. The predicted molar refractivity (Wildman–Crippen MR) is 67.5 cm³/mol. The highest BCUT2D eigenvalue weighted by Crippen LogP contribution is 2.25. The molecule has 1 aromatic carbocycles. The summed E-state index contributed by atoms with van der Waals surface area (Å²) in [6, 6.07) is 4.74. The number of rotatable bonds is 4. The first-order valence-corrected chi connectivity index (χ1v) is 7.21. The number of halogens is 2. The van der Waals surface area contributed by atoms with E-state index < -0.39 is 10.0 Å². The van der Waals surface area contributed by atoms with Crippen molar-refractivity contribution in [2.45, 2.75) is 19.9 Å². The molecule has 90 valence electrons. The minimum Gasteiger partial charge on any atom is -0.212 e. The first kappa shape index (κ1) is 13.8. The molecule has 1 atom stereocenters. The SMILES string of the molecule is CCS(=O)(=O)NC(C)c1ccc(Cl)c(Cl)c1. The highest BCUT2D eigenvalue weighted by Gasteiger charge is 2.14. The summed E-state index contributed by atoms with van der Waals surface area (Å²) in [7, 11) is -3.22. The number of nitrogens with one attached hydrogen (secondary N) is 1. The highest BCUT2D eigenvalue weighted by molar-refractivity contribution is 7.89. The predicted octanol–water partition coefficient (Wildman–Crippen LogP) is 2.99. The van der Waals surface area contributed by atoms with Gasteiger partial charge in [-0.15, -0.1) is 0 Å². The first-order chi connectivity index (χ1) is 7.35. The Balaban J connectivity index is 2.89. The lowest BCUT2D eigenvalue weighted by Crippen LogP contribution is -2.28. The Morgan fingerprint density at radius 3 is 2.44 bits per heavy atom. The van der Waals surface area contributed by atoms with Gasteiger partial charge in [0.15, 0.2) is 0 Å². The van der Waals surface area contributed by atoms with E-state index in [0.29, 0.717) is 10.0 Å². The average molecular weight is 282 g/mol. The fourth-order valence-corrected chi connectivity index (χ4v) is 2.35. The fourth-order valence-electron chi connectivity index (χ4n) is 1.20. The van der Waals surface area contributed by atoms with Crippen molar-refractivity contribution in [3.63, 3.8) is 0 Å². The van der Waals surface area contributed by atoms with Crippen molar-refractivity contribution >= 4 is 33.2 Å². The van der Waals surface area contributed by atoms with E-state index in [1.807, 2.05) is 0 Å². The molecule has 1 unspecified atom stereocenters. The van der Waals surface area contributed by atoms with E-state index in [9.17, 15) is 8.42 Å². The molecule has 1 N–H and O–H groups in total. The van der Waals surface area contributed by atoms with E-state index >= 15 is 0 Å². The Bertz CT molecular complexity index is 474. The van der Waals surface area contributed by atoms with E-state index in [2.05, 4.69) is 4.72 Å². The Kier molecular flexibility index (Phi) is 4.62. The number of sulfonamides is 1. The van der Waals surface area contributed by atoms with Crippen molar-refractivity contribution < 1.29 is 8.42 Å². The van der Waals surface area contributed by atoms with Crippen LogP contribution in [0.15, 0.2) is 18.2 Å². The molecule has 0 saturated heterocycles. The van der Waals surface area contributed by atoms with Crippen molar-refractivity contribution in [3.8, 4) is 0 Å². The molecule has 0 aliphatic heterocycles. The van der Waals surface area contributed by atoms with E-state index in [1.165, 1.54) is 0 Å². The van der Waals surface area contributed by atoms with Crippen LogP contribution in [0.1, 0.15) is 25.5 Å². The van der Waals surface area contributed by atoms with Gasteiger partial charge < -0.3 is 0 Å². The second-order valence-electron chi connectivity index (χ2n) is 3.42. The molecule has 3 nitrogen and oxygen atoms in total. The maximum atomic E-state index is 11.4. The third-order valence-electron chi connectivity index (χ3n) is 2.18. The van der Waals surface area contributed by atoms with Gasteiger partial charge in [0.2, 0.25) is 10.0 Å². The van der Waals surface area contributed by atoms with Crippen LogP contribution in [0, 0.1) is 0 Å². The molecule has 0 radical (unpaired) electrons. The van der Waals surface area contributed by atoms with Crippen LogP contribution >= 0.6 is 23.2 Å². The van der Waals surface area contributed by atoms with E-state index in [4.69, 9.17) is 23.2 Å². The minimum atomic E-state index is -3.22. The van der Waals surface area contributed by atoms with Crippen LogP contribution in [0.4, 0.5) is 0 Å². The van der Waals surface area contributed by atoms with Crippen molar-refractivity contribution in [2.75, 3.05) is 5.75 Å². The Morgan fingerprint density at radius 1 is 1.31 bits per heavy atom. The van der Waals surface area contributed by atoms with Crippen LogP contribution in [0.2, 0.25) is 10.0 Å². The van der Waals surface area contributed by atoms with Crippen molar-refractivity contribution in [1.29, 1.82) is 0 Å². The Morgan fingerprint density at radius 2 is 1.94 bits per heavy atom. The van der Waals surface area contributed by atoms with Gasteiger partial charge in [-0.1, -0.05) is 29.3 Å². The summed E-state index contributed by atoms with van der Waals surface area (Å²) in [6.45, 7) is 3.34. The second kappa shape index (κ2) is 5.36. The van der Waals surface area contributed by atoms with Crippen LogP contribution in [0.3, 0.4) is 0 Å². The number of hydrogen-bond donors (Lipinski definition) is 1. The Labute approximate surface area is 106 Å². The minimum absolute atomic E-state index is 0.0542. The molecule has 0 aliphatic carbocycles. The molecule has 16 heavy (non-hydrogen) atoms. The number of hydrogen-bond acceptors (Lipinski definition) is 2. The molecule has 0 aromatic heterocycles. The zero-order valence-electron chi connectivity index (χ0n) is 9.00. The molecule has 0 saturated carbocycles. The first-order valence-electron chi connectivity index (χ1n) is 4.80.